The Bertz CT molecular complexity index is 694. The van der Waals surface area contributed by atoms with E-state index >= 15 is 0 Å². The second-order valence-electron chi connectivity index (χ2n) is 8.54. The molecule has 0 atom stereocenters. The molecule has 10 heteroatoms. The molecule has 0 aliphatic rings. The van der Waals surface area contributed by atoms with Crippen LogP contribution in [0.25, 0.3) is 0 Å². The fourth-order valence-electron chi connectivity index (χ4n) is 2.64. The Morgan fingerprint density at radius 3 is 1.20 bits per heavy atom. The molecule has 0 heterocycles. The van der Waals surface area contributed by atoms with Gasteiger partial charge in [0, 0.05) is 11.1 Å². The van der Waals surface area contributed by atoms with Crippen LogP contribution in [0.2, 0.25) is 0 Å². The van der Waals surface area contributed by atoms with E-state index in [1.54, 1.807) is 0 Å². The van der Waals surface area contributed by atoms with E-state index in [0.29, 0.717) is 26.5 Å². The molecule has 0 saturated carbocycles. The molecule has 0 fully saturated rings. The van der Waals surface area contributed by atoms with Gasteiger partial charge in [-0.2, -0.15) is 10.2 Å². The predicted molar refractivity (Wildman–Crippen MR) is 157 cm³/mol. The Kier molecular flexibility index (Phi) is 19.1. The van der Waals surface area contributed by atoms with Crippen molar-refractivity contribution in [2.24, 2.45) is 10.2 Å². The van der Waals surface area contributed by atoms with Crippen molar-refractivity contribution >= 4 is 85.8 Å². The van der Waals surface area contributed by atoms with Gasteiger partial charge in [0.15, 0.2) is 0 Å². The number of azo groups is 1. The molecule has 0 spiro atoms. The van der Waals surface area contributed by atoms with Gasteiger partial charge in [-0.05, 0) is 24.3 Å². The van der Waals surface area contributed by atoms with Crippen LogP contribution in [0.3, 0.4) is 0 Å². The molecule has 0 aliphatic heterocycles. The van der Waals surface area contributed by atoms with Crippen molar-refractivity contribution in [1.82, 2.24) is 0 Å². The van der Waals surface area contributed by atoms with Gasteiger partial charge in [-0.15, -0.1) is 0 Å². The van der Waals surface area contributed by atoms with Crippen molar-refractivity contribution in [2.45, 2.75) is 13.1 Å². The van der Waals surface area contributed by atoms with Crippen LogP contribution < -0.4 is 26.5 Å². The predicted octanol–water partition coefficient (Wildman–Crippen LogP) is 2.07. The van der Waals surface area contributed by atoms with E-state index in [4.69, 9.17) is 0 Å². The number of hydrogen-bond donors (Lipinski definition) is 0. The van der Waals surface area contributed by atoms with Crippen LogP contribution in [-0.4, -0.2) is 51.3 Å². The van der Waals surface area contributed by atoms with Gasteiger partial charge in [0.05, 0.1) is 53.7 Å². The van der Waals surface area contributed by atoms with E-state index in [-0.39, 0.29) is 0 Å². The second-order valence-corrected chi connectivity index (χ2v) is 41.0. The summed E-state index contributed by atoms with van der Waals surface area (Å²) in [6.45, 7) is 1.95. The Labute approximate surface area is 242 Å². The number of rotatable bonds is 6. The molecule has 4 nitrogen and oxygen atoms in total. The van der Waals surface area contributed by atoms with Crippen LogP contribution in [0.5, 0.6) is 0 Å². The fourth-order valence-corrected chi connectivity index (χ4v) is 2.64. The number of benzene rings is 2. The summed E-state index contributed by atoms with van der Waals surface area (Å²) in [4.78, 5) is 0. The molecule has 0 aromatic heterocycles. The van der Waals surface area contributed by atoms with Crippen LogP contribution in [0, 0.1) is 0 Å². The monoisotopic (exact) mass is 1090 g/mol. The molecule has 0 unspecified atom stereocenters. The average molecular weight is 1090 g/mol. The molecule has 0 radical (unpaired) electrons. The van der Waals surface area contributed by atoms with Gasteiger partial charge in [0.2, 0.25) is 0 Å². The van der Waals surface area contributed by atoms with Crippen molar-refractivity contribution in [1.29, 1.82) is 0 Å². The minimum absolute atomic E-state index is 0.530. The SMILES string of the molecule is C[N+](C)(C)Cc1cccc(N=Nc2cccc(C[N+](C)(C)C)c2)c1.I[I-]I.I[I-]I. The first kappa shape index (κ1) is 32.3. The van der Waals surface area contributed by atoms with Crippen molar-refractivity contribution in [3.8, 4) is 0 Å². The first-order chi connectivity index (χ1) is 13.9. The van der Waals surface area contributed by atoms with Crippen molar-refractivity contribution in [2.75, 3.05) is 42.3 Å². The molecule has 2 aromatic rings. The van der Waals surface area contributed by atoms with E-state index in [1.807, 2.05) is 24.3 Å². The molecular formula is C20H30I6N4. The minimum atomic E-state index is 0.530. The summed E-state index contributed by atoms with van der Waals surface area (Å²) in [5.74, 6) is 0. The van der Waals surface area contributed by atoms with E-state index in [1.165, 1.54) is 11.1 Å². The van der Waals surface area contributed by atoms with E-state index in [9.17, 15) is 0 Å². The topological polar surface area (TPSA) is 24.7 Å². The Morgan fingerprint density at radius 2 is 0.933 bits per heavy atom. The van der Waals surface area contributed by atoms with E-state index in [0.717, 1.165) is 33.4 Å². The molecule has 172 valence electrons. The zero-order valence-corrected chi connectivity index (χ0v) is 31.0. The summed E-state index contributed by atoms with van der Waals surface area (Å²) in [5, 5.41) is 8.84. The molecule has 2 aromatic carbocycles. The molecule has 0 amide bonds. The maximum absolute atomic E-state index is 4.42. The molecule has 2 rings (SSSR count). The van der Waals surface area contributed by atoms with Gasteiger partial charge in [-0.25, -0.2) is 0 Å². The number of nitrogens with zero attached hydrogens (tertiary/aromatic N) is 4. The summed E-state index contributed by atoms with van der Waals surface area (Å²) in [6.07, 6.45) is 0. The van der Waals surface area contributed by atoms with Crippen molar-refractivity contribution in [3.05, 3.63) is 59.7 Å². The first-order valence-corrected chi connectivity index (χ1v) is 34.0. The molecular weight excluding hydrogens is 1060 g/mol. The third-order valence-corrected chi connectivity index (χ3v) is 3.42. The Hall–Kier alpha value is 2.34. The van der Waals surface area contributed by atoms with Crippen LogP contribution in [0.4, 0.5) is 11.4 Å². The zero-order chi connectivity index (χ0) is 23.2. The van der Waals surface area contributed by atoms with Crippen molar-refractivity contribution in [3.63, 3.8) is 0 Å². The quantitative estimate of drug-likeness (QED) is 0.241. The number of quaternary nitrogens is 2. The van der Waals surface area contributed by atoms with Gasteiger partial charge >= 0.3 is 101 Å². The Morgan fingerprint density at radius 1 is 0.633 bits per heavy atom. The number of halogens is 6. The van der Waals surface area contributed by atoms with E-state index < -0.39 is 0 Å². The molecule has 0 bridgehead atoms. The van der Waals surface area contributed by atoms with Gasteiger partial charge < -0.3 is 8.97 Å². The normalized spacial score (nSPS) is 11.7. The fraction of sp³-hybridized carbons (Fsp3) is 0.400. The summed E-state index contributed by atoms with van der Waals surface area (Å²) >= 11 is 10.6. The molecule has 0 aliphatic carbocycles. The summed E-state index contributed by atoms with van der Waals surface area (Å²) in [7, 11) is 13.1. The summed E-state index contributed by atoms with van der Waals surface area (Å²) in [6, 6.07) is 16.6. The van der Waals surface area contributed by atoms with Crippen LogP contribution in [0.1, 0.15) is 11.1 Å². The first-order valence-electron chi connectivity index (χ1n) is 8.88. The molecule has 30 heavy (non-hydrogen) atoms. The third-order valence-electron chi connectivity index (χ3n) is 3.42. The Balaban J connectivity index is 0.00000125. The van der Waals surface area contributed by atoms with Gasteiger partial charge in [0.25, 0.3) is 0 Å². The maximum atomic E-state index is 4.42. The standard InChI is InChI=1S/C20H30N4.2I3/c1-23(2,3)15-17-9-7-11-19(13-17)21-22-20-12-8-10-18(14-20)16-24(4,5)6;2*1-3-2/h7-14H,15-16H2,1-6H3;;/q+2;2*-1. The van der Waals surface area contributed by atoms with Crippen LogP contribution >= 0.6 is 74.5 Å². The zero-order valence-electron chi connectivity index (χ0n) is 18.1. The number of hydrogen-bond acceptors (Lipinski definition) is 2. The second kappa shape index (κ2) is 17.7. The van der Waals surface area contributed by atoms with Crippen LogP contribution in [0.15, 0.2) is 58.8 Å². The summed E-state index contributed by atoms with van der Waals surface area (Å²) in [5.41, 5.74) is 4.35. The molecule has 0 saturated heterocycles. The van der Waals surface area contributed by atoms with Crippen molar-refractivity contribution < 1.29 is 35.5 Å². The molecule has 0 N–H and O–H groups in total. The third kappa shape index (κ3) is 18.7. The average Bonchev–Trinajstić information content (AvgIpc) is 2.59. The summed E-state index contributed by atoms with van der Waals surface area (Å²) < 4.78 is 1.79. The van der Waals surface area contributed by atoms with E-state index in [2.05, 4.69) is 151 Å². The van der Waals surface area contributed by atoms with Gasteiger partial charge in [0.1, 0.15) is 13.1 Å². The van der Waals surface area contributed by atoms with Gasteiger partial charge in [-0.1, -0.05) is 24.3 Å². The van der Waals surface area contributed by atoms with Crippen LogP contribution in [-0.2, 0) is 13.1 Å². The van der Waals surface area contributed by atoms with Gasteiger partial charge in [-0.3, -0.25) is 0 Å².